The van der Waals surface area contributed by atoms with E-state index < -0.39 is 50.3 Å². The van der Waals surface area contributed by atoms with Crippen LogP contribution in [0.25, 0.3) is 0 Å². The summed E-state index contributed by atoms with van der Waals surface area (Å²) in [5.41, 5.74) is 4.96. The number of rotatable bonds is 71. The second-order valence-electron chi connectivity index (χ2n) is 31.8. The van der Waals surface area contributed by atoms with E-state index in [1.807, 2.05) is 91.0 Å². The first-order valence-corrected chi connectivity index (χ1v) is 47.3. The third kappa shape index (κ3) is 46.7. The van der Waals surface area contributed by atoms with Crippen LogP contribution in [0.4, 0.5) is 0 Å². The van der Waals surface area contributed by atoms with Crippen LogP contribution in [0.2, 0.25) is 0 Å². The lowest BCUT2D eigenvalue weighted by Crippen LogP contribution is -2.67. The van der Waals surface area contributed by atoms with Gasteiger partial charge in [0.05, 0.1) is 33.0 Å². The number of allylic oxidation sites excluding steroid dienone is 2. The molecule has 13 nitrogen and oxygen atoms in total. The molecule has 4 unspecified atom stereocenters. The molecule has 1 aliphatic rings. The molecule has 0 spiro atoms. The van der Waals surface area contributed by atoms with Crippen molar-refractivity contribution in [1.82, 2.24) is 0 Å². The molecule has 0 aliphatic heterocycles. The van der Waals surface area contributed by atoms with Crippen molar-refractivity contribution in [3.63, 3.8) is 0 Å². The Bertz CT molecular complexity index is 2990. The van der Waals surface area contributed by atoms with E-state index in [2.05, 4.69) is 86.7 Å². The summed E-state index contributed by atoms with van der Waals surface area (Å²) in [4.78, 5) is 46.6. The minimum Gasteiger partial charge on any atom is -0.462 e. The topological polar surface area (TPSA) is 166 Å². The van der Waals surface area contributed by atoms with E-state index in [4.69, 9.17) is 37.3 Å². The van der Waals surface area contributed by atoms with Crippen molar-refractivity contribution >= 4 is 31.6 Å². The normalized spacial score (nSPS) is 17.1. The van der Waals surface area contributed by atoms with Gasteiger partial charge in [0.25, 0.3) is 0 Å². The monoisotopic (exact) mass is 1590 g/mol. The van der Waals surface area contributed by atoms with Crippen LogP contribution < -0.4 is 0 Å². The van der Waals surface area contributed by atoms with Crippen LogP contribution in [0.1, 0.15) is 337 Å². The first-order chi connectivity index (χ1) is 55.1. The molecule has 0 radical (unpaired) electrons. The molecule has 5 aromatic rings. The zero-order valence-electron chi connectivity index (χ0n) is 69.4. The van der Waals surface area contributed by atoms with Gasteiger partial charge in [-0.1, -0.05) is 402 Å². The van der Waals surface area contributed by atoms with E-state index in [-0.39, 0.29) is 63.0 Å². The minimum atomic E-state index is -3.92. The van der Waals surface area contributed by atoms with Crippen molar-refractivity contribution in [3.8, 4) is 0 Å². The molecule has 0 aromatic heterocycles. The van der Waals surface area contributed by atoms with Gasteiger partial charge in [-0.05, 0) is 91.2 Å². The largest absolute Gasteiger partial charge is 0.462 e. The van der Waals surface area contributed by atoms with Gasteiger partial charge < -0.3 is 47.1 Å². The Morgan fingerprint density at radius 1 is 0.357 bits per heavy atom. The number of ether oxygens (including phenoxy) is 7. The van der Waals surface area contributed by atoms with Crippen LogP contribution in [-0.4, -0.2) is 82.5 Å². The number of esters is 2. The van der Waals surface area contributed by atoms with Crippen molar-refractivity contribution in [1.29, 1.82) is 0 Å². The summed E-state index contributed by atoms with van der Waals surface area (Å²) in [5.74, 6) is -0.520. The standard InChI is InChI=1S/C97H149O13PS/c1-3-5-7-9-11-13-15-17-19-24-28-32-36-40-59-73-90(98)103-82-88(109-91(99)74-60-41-37-33-29-25-20-18-16-14-12-10-8-6-4-2)76-89(72-58-39-35-31-27-23-21-22-26-30-34-38-42-61-75-111(100,101)102)112-110-97-95(107-80-86-68-54-46-55-69-86)93(105-78-84-64-50-44-51-65-84)92(104-77-83-62-48-43-49-63-83)94(106-79-85-66-52-45-53-67-85)96(97)108-81-87-70-56-47-57-71-87/h21,23,43-57,62-71,88-89,92-97H,3-20,22,24-42,58-61,72-82H2,1-2H3,(H2,100,101,102)/b23-21-/t88?,89?,92?,93-,94+,95-,96-,97?/m0/s1. The van der Waals surface area contributed by atoms with Crippen molar-refractivity contribution in [3.05, 3.63) is 192 Å². The lowest BCUT2D eigenvalue weighted by Gasteiger charge is -2.49. The number of carbonyl (C=O) groups excluding carboxylic acids is 2. The molecular formula is C97H149O13PS. The first kappa shape index (κ1) is 95.9. The minimum absolute atomic E-state index is 0.0231. The predicted molar refractivity (Wildman–Crippen MR) is 462 cm³/mol. The Morgan fingerprint density at radius 2 is 0.634 bits per heavy atom. The van der Waals surface area contributed by atoms with E-state index in [9.17, 15) is 23.9 Å². The number of hydrogen-bond donors (Lipinski definition) is 2. The molecular weight excluding hydrogens is 1440 g/mol. The number of hydrogen-bond acceptors (Lipinski definition) is 12. The van der Waals surface area contributed by atoms with Crippen molar-refractivity contribution in [2.45, 2.75) is 390 Å². The van der Waals surface area contributed by atoms with Gasteiger partial charge in [0.15, 0.2) is 0 Å². The number of benzene rings is 5. The SMILES string of the molecule is CCCCCCCCCCCCCCCCCC(=O)OCC(CC(CCCCCC/C=C\CCCCCCCCP(=O)(O)O)SOC1[C@@H](OCc2ccccc2)[C@H](OCc2ccccc2)C(OCc2ccccc2)[C@H](OCc2ccccc2)[C@@H]1OCc1ccccc1)OC(=O)CCCCCCCCCCCCCCCCC. The maximum Gasteiger partial charge on any atom is 0.325 e. The molecule has 0 bridgehead atoms. The van der Waals surface area contributed by atoms with E-state index in [1.54, 1.807) is 0 Å². The van der Waals surface area contributed by atoms with Crippen LogP contribution in [0, 0.1) is 0 Å². The fourth-order valence-corrected chi connectivity index (χ4v) is 16.8. The molecule has 2 N–H and O–H groups in total. The van der Waals surface area contributed by atoms with Gasteiger partial charge in [0.2, 0.25) is 0 Å². The summed E-state index contributed by atoms with van der Waals surface area (Å²) < 4.78 is 68.2. The van der Waals surface area contributed by atoms with Crippen LogP contribution in [0.15, 0.2) is 164 Å². The lowest BCUT2D eigenvalue weighted by molar-refractivity contribution is -0.277. The highest BCUT2D eigenvalue weighted by Gasteiger charge is 2.56. The fourth-order valence-electron chi connectivity index (χ4n) is 15.1. The molecule has 1 aliphatic carbocycles. The Hall–Kier alpha value is -4.96. The summed E-state index contributed by atoms with van der Waals surface area (Å²) in [7, 11) is -3.92. The number of unbranched alkanes of at least 4 members (excludes halogenated alkanes) is 38. The van der Waals surface area contributed by atoms with Crippen LogP contribution >= 0.6 is 19.6 Å². The molecule has 626 valence electrons. The summed E-state index contributed by atoms with van der Waals surface area (Å²) in [5, 5.41) is -0.229. The molecule has 1 saturated carbocycles. The van der Waals surface area contributed by atoms with Crippen LogP contribution in [-0.2, 0) is 84.5 Å². The second kappa shape index (κ2) is 64.2. The van der Waals surface area contributed by atoms with Gasteiger partial charge in [0.1, 0.15) is 49.3 Å². The van der Waals surface area contributed by atoms with Gasteiger partial charge in [-0.25, -0.2) is 0 Å². The maximum absolute atomic E-state index is 14.3. The Balaban J connectivity index is 1.25. The zero-order valence-corrected chi connectivity index (χ0v) is 71.1. The van der Waals surface area contributed by atoms with E-state index >= 15 is 0 Å². The first-order valence-electron chi connectivity index (χ1n) is 44.7. The van der Waals surface area contributed by atoms with Crippen LogP contribution in [0.5, 0.6) is 0 Å². The third-order valence-electron chi connectivity index (χ3n) is 21.8. The Kier molecular flexibility index (Phi) is 54.9. The van der Waals surface area contributed by atoms with E-state index in [1.165, 1.54) is 166 Å². The van der Waals surface area contributed by atoms with Crippen LogP contribution in [0.3, 0.4) is 0 Å². The number of carbonyl (C=O) groups is 2. The zero-order chi connectivity index (χ0) is 79.1. The third-order valence-corrected chi connectivity index (χ3v) is 23.7. The highest BCUT2D eigenvalue weighted by atomic mass is 32.2. The second-order valence-corrected chi connectivity index (χ2v) is 34.6. The smallest absolute Gasteiger partial charge is 0.325 e. The van der Waals surface area contributed by atoms with Gasteiger partial charge >= 0.3 is 19.5 Å². The van der Waals surface area contributed by atoms with Crippen molar-refractivity contribution in [2.24, 2.45) is 0 Å². The summed E-state index contributed by atoms with van der Waals surface area (Å²) in [6.45, 7) is 5.82. The molecule has 0 heterocycles. The molecule has 15 heteroatoms. The molecule has 1 fully saturated rings. The Morgan fingerprint density at radius 3 is 0.955 bits per heavy atom. The van der Waals surface area contributed by atoms with Crippen molar-refractivity contribution in [2.75, 3.05) is 12.8 Å². The van der Waals surface area contributed by atoms with Gasteiger partial charge in [-0.2, -0.15) is 0 Å². The van der Waals surface area contributed by atoms with Gasteiger partial charge in [-0.3, -0.25) is 14.2 Å². The molecule has 6 rings (SSSR count). The summed E-state index contributed by atoms with van der Waals surface area (Å²) in [6.07, 6.45) is 50.1. The molecule has 5 aromatic carbocycles. The quantitative estimate of drug-likeness (QED) is 0.0124. The Labute approximate surface area is 683 Å². The molecule has 0 saturated heterocycles. The van der Waals surface area contributed by atoms with Gasteiger partial charge in [-0.15, -0.1) is 0 Å². The molecule has 112 heavy (non-hydrogen) atoms. The highest BCUT2D eigenvalue weighted by Crippen LogP contribution is 2.40. The van der Waals surface area contributed by atoms with Crippen molar-refractivity contribution < 1.29 is 61.3 Å². The lowest BCUT2D eigenvalue weighted by atomic mass is 9.83. The summed E-state index contributed by atoms with van der Waals surface area (Å²) in [6, 6.07) is 51.0. The molecule has 8 atom stereocenters. The average molecular weight is 1590 g/mol. The van der Waals surface area contributed by atoms with E-state index in [0.29, 0.717) is 25.7 Å². The molecule has 0 amide bonds. The maximum atomic E-state index is 14.3. The van der Waals surface area contributed by atoms with E-state index in [0.717, 1.165) is 143 Å². The predicted octanol–water partition coefficient (Wildman–Crippen LogP) is 26.5. The highest BCUT2D eigenvalue weighted by molar-refractivity contribution is 7.95. The average Bonchev–Trinajstić information content (AvgIpc) is 0.762. The fraction of sp³-hybridized carbons (Fsp3) is 0.649. The summed E-state index contributed by atoms with van der Waals surface area (Å²) >= 11 is 1.39. The van der Waals surface area contributed by atoms with Gasteiger partial charge in [0, 0.05) is 30.7 Å².